The van der Waals surface area contributed by atoms with Crippen LogP contribution in [0.5, 0.6) is 0 Å². The number of imidazole rings is 1. The predicted molar refractivity (Wildman–Crippen MR) is 74.4 cm³/mol. The molecular formula is C14H16F2N4O. The Morgan fingerprint density at radius 2 is 2.33 bits per heavy atom. The maximum atomic E-state index is 12.4. The number of nitrogens with two attached hydrogens (primary N) is 1. The topological polar surface area (TPSA) is 75.0 Å². The second-order valence-corrected chi connectivity index (χ2v) is 5.32. The number of nitrogens with one attached hydrogen (secondary N) is 1. The number of aromatic nitrogens is 2. The summed E-state index contributed by atoms with van der Waals surface area (Å²) in [4.78, 5) is 20.8. The summed E-state index contributed by atoms with van der Waals surface area (Å²) in [5, 5.41) is 0. The standard InChI is InChI=1S/C14H16F2N4O/c15-11(16)7-20-5-4-8(6-20)14-18-10-3-1-2-9(13(17)21)12(10)19-14/h1-3,8,11H,4-7H2,(H2,17,21)(H,18,19). The van der Waals surface area contributed by atoms with E-state index in [2.05, 4.69) is 9.97 Å². The van der Waals surface area contributed by atoms with Gasteiger partial charge in [0.2, 0.25) is 0 Å². The van der Waals surface area contributed by atoms with Gasteiger partial charge in [0.25, 0.3) is 12.3 Å². The number of aromatic amines is 1. The molecule has 112 valence electrons. The molecule has 0 spiro atoms. The second-order valence-electron chi connectivity index (χ2n) is 5.32. The van der Waals surface area contributed by atoms with E-state index in [0.717, 1.165) is 17.8 Å². The molecule has 1 aliphatic rings. The second kappa shape index (κ2) is 5.40. The van der Waals surface area contributed by atoms with E-state index in [4.69, 9.17) is 5.73 Å². The van der Waals surface area contributed by atoms with Crippen molar-refractivity contribution in [3.63, 3.8) is 0 Å². The molecule has 1 fully saturated rings. The molecule has 7 heteroatoms. The van der Waals surface area contributed by atoms with Gasteiger partial charge in [0, 0.05) is 12.5 Å². The van der Waals surface area contributed by atoms with Crippen LogP contribution in [0, 0.1) is 0 Å². The number of hydrogen-bond acceptors (Lipinski definition) is 3. The maximum absolute atomic E-state index is 12.4. The van der Waals surface area contributed by atoms with Crippen molar-refractivity contribution in [2.75, 3.05) is 19.6 Å². The molecule has 0 bridgehead atoms. The molecule has 1 aromatic heterocycles. The molecule has 2 aromatic rings. The summed E-state index contributed by atoms with van der Waals surface area (Å²) in [6.45, 7) is 0.980. The van der Waals surface area contributed by atoms with Crippen molar-refractivity contribution in [3.05, 3.63) is 29.6 Å². The minimum atomic E-state index is -2.32. The minimum Gasteiger partial charge on any atom is -0.366 e. The third-order valence-corrected chi connectivity index (χ3v) is 3.85. The molecule has 1 amide bonds. The summed E-state index contributed by atoms with van der Waals surface area (Å²) in [6, 6.07) is 5.19. The Hall–Kier alpha value is -2.02. The maximum Gasteiger partial charge on any atom is 0.251 e. The number of likely N-dealkylation sites (tertiary alicyclic amines) is 1. The Kier molecular flexibility index (Phi) is 3.59. The Morgan fingerprint density at radius 1 is 1.52 bits per heavy atom. The van der Waals surface area contributed by atoms with E-state index in [1.807, 2.05) is 6.07 Å². The Bertz CT molecular complexity index is 670. The molecule has 5 nitrogen and oxygen atoms in total. The summed E-state index contributed by atoms with van der Waals surface area (Å²) < 4.78 is 24.8. The quantitative estimate of drug-likeness (QED) is 0.901. The SMILES string of the molecule is NC(=O)c1cccc2[nH]c(C3CCN(CC(F)F)C3)nc12. The number of amides is 1. The number of primary amides is 1. The molecule has 21 heavy (non-hydrogen) atoms. The van der Waals surface area contributed by atoms with E-state index in [1.54, 1.807) is 17.0 Å². The first-order chi connectivity index (χ1) is 10.0. The Labute approximate surface area is 120 Å². The van der Waals surface area contributed by atoms with Crippen LogP contribution in [0.25, 0.3) is 11.0 Å². The van der Waals surface area contributed by atoms with Crippen LogP contribution < -0.4 is 5.73 Å². The van der Waals surface area contributed by atoms with Crippen molar-refractivity contribution in [2.45, 2.75) is 18.8 Å². The fraction of sp³-hybridized carbons (Fsp3) is 0.429. The lowest BCUT2D eigenvalue weighted by Crippen LogP contribution is -2.26. The first kappa shape index (κ1) is 13.9. The summed E-state index contributed by atoms with van der Waals surface area (Å²) in [7, 11) is 0. The number of halogens is 2. The number of hydrogen-bond donors (Lipinski definition) is 2. The van der Waals surface area contributed by atoms with Gasteiger partial charge in [0.1, 0.15) is 11.3 Å². The average molecular weight is 294 g/mol. The Morgan fingerprint density at radius 3 is 3.05 bits per heavy atom. The van der Waals surface area contributed by atoms with Gasteiger partial charge in [-0.25, -0.2) is 13.8 Å². The van der Waals surface area contributed by atoms with Crippen molar-refractivity contribution in [1.29, 1.82) is 0 Å². The zero-order valence-electron chi connectivity index (χ0n) is 11.4. The summed E-state index contributed by atoms with van der Waals surface area (Å²) >= 11 is 0. The van der Waals surface area contributed by atoms with Gasteiger partial charge in [-0.15, -0.1) is 0 Å². The van der Waals surface area contributed by atoms with Gasteiger partial charge in [-0.1, -0.05) is 6.07 Å². The number of nitrogens with zero attached hydrogens (tertiary/aromatic N) is 2. The van der Waals surface area contributed by atoms with Crippen LogP contribution >= 0.6 is 0 Å². The lowest BCUT2D eigenvalue weighted by atomic mass is 10.1. The lowest BCUT2D eigenvalue weighted by Gasteiger charge is -2.14. The molecule has 1 aromatic carbocycles. The van der Waals surface area contributed by atoms with Crippen LogP contribution in [-0.2, 0) is 0 Å². The zero-order chi connectivity index (χ0) is 15.0. The molecule has 3 rings (SSSR count). The van der Waals surface area contributed by atoms with Gasteiger partial charge in [-0.3, -0.25) is 9.69 Å². The van der Waals surface area contributed by atoms with Crippen molar-refractivity contribution in [1.82, 2.24) is 14.9 Å². The average Bonchev–Trinajstić information content (AvgIpc) is 3.02. The number of H-pyrrole nitrogens is 1. The molecule has 1 atom stereocenters. The number of para-hydroxylation sites is 1. The lowest BCUT2D eigenvalue weighted by molar-refractivity contribution is 0.0987. The van der Waals surface area contributed by atoms with E-state index >= 15 is 0 Å². The van der Waals surface area contributed by atoms with Gasteiger partial charge in [-0.2, -0.15) is 0 Å². The predicted octanol–water partition coefficient (Wildman–Crippen LogP) is 1.72. The summed E-state index contributed by atoms with van der Waals surface area (Å²) in [5.41, 5.74) is 7.00. The van der Waals surface area contributed by atoms with Gasteiger partial charge >= 0.3 is 0 Å². The monoisotopic (exact) mass is 294 g/mol. The third kappa shape index (κ3) is 2.73. The first-order valence-electron chi connectivity index (χ1n) is 6.83. The van der Waals surface area contributed by atoms with Crippen molar-refractivity contribution >= 4 is 16.9 Å². The van der Waals surface area contributed by atoms with Crippen molar-refractivity contribution in [2.24, 2.45) is 5.73 Å². The van der Waals surface area contributed by atoms with Crippen LogP contribution in [0.1, 0.15) is 28.5 Å². The highest BCUT2D eigenvalue weighted by Gasteiger charge is 2.28. The molecule has 2 heterocycles. The van der Waals surface area contributed by atoms with Crippen LogP contribution in [0.4, 0.5) is 8.78 Å². The van der Waals surface area contributed by atoms with Crippen LogP contribution in [0.15, 0.2) is 18.2 Å². The van der Waals surface area contributed by atoms with E-state index in [9.17, 15) is 13.6 Å². The van der Waals surface area contributed by atoms with E-state index in [1.165, 1.54) is 0 Å². The van der Waals surface area contributed by atoms with Crippen LogP contribution in [-0.4, -0.2) is 46.8 Å². The number of carbonyl (C=O) groups excluding carboxylic acids is 1. The normalized spacial score (nSPS) is 19.7. The Balaban J connectivity index is 1.85. The molecule has 1 unspecified atom stereocenters. The molecule has 0 saturated carbocycles. The number of carbonyl (C=O) groups is 1. The highest BCUT2D eigenvalue weighted by Crippen LogP contribution is 2.28. The smallest absolute Gasteiger partial charge is 0.251 e. The number of fused-ring (bicyclic) bond motifs is 1. The highest BCUT2D eigenvalue weighted by atomic mass is 19.3. The fourth-order valence-corrected chi connectivity index (χ4v) is 2.86. The van der Waals surface area contributed by atoms with Gasteiger partial charge < -0.3 is 10.7 Å². The molecule has 3 N–H and O–H groups in total. The molecular weight excluding hydrogens is 278 g/mol. The van der Waals surface area contributed by atoms with Gasteiger partial charge in [0.05, 0.1) is 17.6 Å². The molecule has 1 saturated heterocycles. The number of benzene rings is 1. The molecule has 0 radical (unpaired) electrons. The highest BCUT2D eigenvalue weighted by molar-refractivity contribution is 6.04. The number of rotatable bonds is 4. The first-order valence-corrected chi connectivity index (χ1v) is 6.83. The summed E-state index contributed by atoms with van der Waals surface area (Å²) in [5.74, 6) is 0.289. The van der Waals surface area contributed by atoms with Crippen molar-refractivity contribution in [3.8, 4) is 0 Å². The zero-order valence-corrected chi connectivity index (χ0v) is 11.4. The minimum absolute atomic E-state index is 0.0804. The van der Waals surface area contributed by atoms with E-state index < -0.39 is 12.3 Å². The van der Waals surface area contributed by atoms with Gasteiger partial charge in [-0.05, 0) is 25.1 Å². The summed E-state index contributed by atoms with van der Waals surface area (Å²) in [6.07, 6.45) is -1.54. The van der Waals surface area contributed by atoms with Crippen LogP contribution in [0.3, 0.4) is 0 Å². The number of alkyl halides is 2. The van der Waals surface area contributed by atoms with Gasteiger partial charge in [0.15, 0.2) is 0 Å². The van der Waals surface area contributed by atoms with E-state index in [-0.39, 0.29) is 12.5 Å². The third-order valence-electron chi connectivity index (χ3n) is 3.85. The van der Waals surface area contributed by atoms with Crippen molar-refractivity contribution < 1.29 is 13.6 Å². The molecule has 1 aliphatic heterocycles. The van der Waals surface area contributed by atoms with E-state index in [0.29, 0.717) is 24.2 Å². The van der Waals surface area contributed by atoms with Crippen LogP contribution in [0.2, 0.25) is 0 Å². The molecule has 0 aliphatic carbocycles. The largest absolute Gasteiger partial charge is 0.366 e. The fourth-order valence-electron chi connectivity index (χ4n) is 2.86.